The second kappa shape index (κ2) is 8.96. The summed E-state index contributed by atoms with van der Waals surface area (Å²) in [6.45, 7) is 10.7. The molecule has 0 radical (unpaired) electrons. The Hall–Kier alpha value is -0.0400. The Bertz CT molecular complexity index is 194. The van der Waals surface area contributed by atoms with E-state index in [4.69, 9.17) is 0 Å². The molecule has 0 aromatic carbocycles. The van der Waals surface area contributed by atoms with Gasteiger partial charge in [-0.1, -0.05) is 53.4 Å². The van der Waals surface area contributed by atoms with Gasteiger partial charge in [0.15, 0.2) is 0 Å². The molecular weight excluding hydrogens is 218 g/mol. The molecule has 1 heteroatoms. The van der Waals surface area contributed by atoms with E-state index in [1.807, 2.05) is 0 Å². The van der Waals surface area contributed by atoms with Gasteiger partial charge in [0.1, 0.15) is 0 Å². The van der Waals surface area contributed by atoms with Crippen molar-refractivity contribution in [2.24, 2.45) is 17.8 Å². The molecule has 0 aromatic rings. The molecule has 2 unspecified atom stereocenters. The minimum Gasteiger partial charge on any atom is -0.314 e. The van der Waals surface area contributed by atoms with Gasteiger partial charge in [-0.25, -0.2) is 0 Å². The Morgan fingerprint density at radius 3 is 2.28 bits per heavy atom. The van der Waals surface area contributed by atoms with E-state index in [1.54, 1.807) is 0 Å². The molecule has 108 valence electrons. The van der Waals surface area contributed by atoms with E-state index in [0.717, 1.165) is 23.8 Å². The van der Waals surface area contributed by atoms with Crippen LogP contribution in [0.2, 0.25) is 0 Å². The van der Waals surface area contributed by atoms with Crippen LogP contribution in [0.25, 0.3) is 0 Å². The molecule has 0 spiro atoms. The van der Waals surface area contributed by atoms with Crippen molar-refractivity contribution in [1.29, 1.82) is 0 Å². The fraction of sp³-hybridized carbons (Fsp3) is 1.00. The molecule has 18 heavy (non-hydrogen) atoms. The van der Waals surface area contributed by atoms with Crippen LogP contribution in [0, 0.1) is 17.8 Å². The number of nitrogens with one attached hydrogen (secondary N) is 1. The molecule has 0 heterocycles. The summed E-state index contributed by atoms with van der Waals surface area (Å²) in [4.78, 5) is 0. The first kappa shape index (κ1) is 16.0. The third-order valence-electron chi connectivity index (χ3n) is 4.72. The number of hydrogen-bond donors (Lipinski definition) is 1. The third kappa shape index (κ3) is 5.73. The van der Waals surface area contributed by atoms with Gasteiger partial charge in [0.05, 0.1) is 0 Å². The van der Waals surface area contributed by atoms with E-state index in [1.165, 1.54) is 57.9 Å². The van der Waals surface area contributed by atoms with E-state index in [-0.39, 0.29) is 0 Å². The van der Waals surface area contributed by atoms with Crippen LogP contribution in [0.5, 0.6) is 0 Å². The van der Waals surface area contributed by atoms with Crippen molar-refractivity contribution < 1.29 is 0 Å². The van der Waals surface area contributed by atoms with Crippen LogP contribution in [0.3, 0.4) is 0 Å². The molecule has 0 bridgehead atoms. The van der Waals surface area contributed by atoms with Gasteiger partial charge in [0.25, 0.3) is 0 Å². The van der Waals surface area contributed by atoms with Crippen LogP contribution in [-0.4, -0.2) is 12.6 Å². The second-order valence-corrected chi connectivity index (χ2v) is 6.71. The smallest absolute Gasteiger partial charge is 0.00978 e. The lowest BCUT2D eigenvalue weighted by Gasteiger charge is -2.35. The van der Waals surface area contributed by atoms with Crippen molar-refractivity contribution in [3.63, 3.8) is 0 Å². The SMILES string of the molecule is CCCNC(CC(C)CCC)C1CCC(C)CC1. The van der Waals surface area contributed by atoms with Crippen LogP contribution in [0.15, 0.2) is 0 Å². The highest BCUT2D eigenvalue weighted by molar-refractivity contribution is 4.82. The molecule has 1 aliphatic rings. The Balaban J connectivity index is 2.43. The van der Waals surface area contributed by atoms with Gasteiger partial charge < -0.3 is 5.32 Å². The van der Waals surface area contributed by atoms with Crippen LogP contribution in [0.1, 0.15) is 79.1 Å². The van der Waals surface area contributed by atoms with Gasteiger partial charge in [-0.15, -0.1) is 0 Å². The zero-order chi connectivity index (χ0) is 13.4. The first-order valence-corrected chi connectivity index (χ1v) is 8.40. The molecule has 0 saturated heterocycles. The molecule has 1 fully saturated rings. The van der Waals surface area contributed by atoms with E-state index >= 15 is 0 Å². The van der Waals surface area contributed by atoms with Gasteiger partial charge in [-0.3, -0.25) is 0 Å². The van der Waals surface area contributed by atoms with Crippen LogP contribution < -0.4 is 5.32 Å². The van der Waals surface area contributed by atoms with Crippen molar-refractivity contribution in [1.82, 2.24) is 5.32 Å². The molecule has 0 aliphatic heterocycles. The Kier molecular flexibility index (Phi) is 7.97. The summed E-state index contributed by atoms with van der Waals surface area (Å²) < 4.78 is 0. The normalized spacial score (nSPS) is 28.0. The summed E-state index contributed by atoms with van der Waals surface area (Å²) in [5, 5.41) is 3.84. The predicted octanol–water partition coefficient (Wildman–Crippen LogP) is 5.01. The van der Waals surface area contributed by atoms with E-state index in [0.29, 0.717) is 0 Å². The minimum absolute atomic E-state index is 0.791. The molecule has 2 atom stereocenters. The van der Waals surface area contributed by atoms with Gasteiger partial charge in [0, 0.05) is 6.04 Å². The monoisotopic (exact) mass is 253 g/mol. The molecule has 1 N–H and O–H groups in total. The van der Waals surface area contributed by atoms with Crippen molar-refractivity contribution in [2.75, 3.05) is 6.54 Å². The van der Waals surface area contributed by atoms with Crippen LogP contribution in [-0.2, 0) is 0 Å². The number of hydrogen-bond acceptors (Lipinski definition) is 1. The third-order valence-corrected chi connectivity index (χ3v) is 4.72. The lowest BCUT2D eigenvalue weighted by atomic mass is 9.76. The van der Waals surface area contributed by atoms with Crippen molar-refractivity contribution in [2.45, 2.75) is 85.1 Å². The summed E-state index contributed by atoms with van der Waals surface area (Å²) in [5.41, 5.74) is 0. The largest absolute Gasteiger partial charge is 0.314 e. The summed E-state index contributed by atoms with van der Waals surface area (Å²) in [5.74, 6) is 2.82. The molecule has 0 aromatic heterocycles. The van der Waals surface area contributed by atoms with E-state index < -0.39 is 0 Å². The van der Waals surface area contributed by atoms with Crippen molar-refractivity contribution >= 4 is 0 Å². The first-order valence-electron chi connectivity index (χ1n) is 8.40. The van der Waals surface area contributed by atoms with Crippen LogP contribution in [0.4, 0.5) is 0 Å². The fourth-order valence-corrected chi connectivity index (χ4v) is 3.50. The standard InChI is InChI=1S/C17H35N/c1-5-7-15(4)13-17(18-12-6-2)16-10-8-14(3)9-11-16/h14-18H,5-13H2,1-4H3. The zero-order valence-electron chi connectivity index (χ0n) is 13.2. The maximum absolute atomic E-state index is 3.84. The average Bonchev–Trinajstić information content (AvgIpc) is 2.36. The summed E-state index contributed by atoms with van der Waals surface area (Å²) in [6.07, 6.45) is 11.2. The van der Waals surface area contributed by atoms with Gasteiger partial charge in [-0.05, 0) is 50.0 Å². The van der Waals surface area contributed by atoms with E-state index in [2.05, 4.69) is 33.0 Å². The summed E-state index contributed by atoms with van der Waals surface area (Å²) >= 11 is 0. The molecule has 1 aliphatic carbocycles. The lowest BCUT2D eigenvalue weighted by Crippen LogP contribution is -2.39. The van der Waals surface area contributed by atoms with Crippen molar-refractivity contribution in [3.8, 4) is 0 Å². The number of rotatable bonds is 8. The minimum atomic E-state index is 0.791. The highest BCUT2D eigenvalue weighted by Gasteiger charge is 2.26. The van der Waals surface area contributed by atoms with E-state index in [9.17, 15) is 0 Å². The fourth-order valence-electron chi connectivity index (χ4n) is 3.50. The molecule has 1 rings (SSSR count). The summed E-state index contributed by atoms with van der Waals surface area (Å²) in [6, 6.07) is 0.791. The van der Waals surface area contributed by atoms with Gasteiger partial charge in [-0.2, -0.15) is 0 Å². The highest BCUT2D eigenvalue weighted by atomic mass is 14.9. The molecule has 1 nitrogen and oxygen atoms in total. The Morgan fingerprint density at radius 1 is 1.06 bits per heavy atom. The predicted molar refractivity (Wildman–Crippen MR) is 81.9 cm³/mol. The molecular formula is C17H35N. The molecule has 1 saturated carbocycles. The average molecular weight is 253 g/mol. The Labute approximate surface area is 115 Å². The maximum atomic E-state index is 3.84. The van der Waals surface area contributed by atoms with Gasteiger partial charge >= 0.3 is 0 Å². The molecule has 0 amide bonds. The second-order valence-electron chi connectivity index (χ2n) is 6.71. The summed E-state index contributed by atoms with van der Waals surface area (Å²) in [7, 11) is 0. The highest BCUT2D eigenvalue weighted by Crippen LogP contribution is 2.32. The zero-order valence-corrected chi connectivity index (χ0v) is 13.2. The maximum Gasteiger partial charge on any atom is 0.00978 e. The van der Waals surface area contributed by atoms with Gasteiger partial charge in [0.2, 0.25) is 0 Å². The van der Waals surface area contributed by atoms with Crippen molar-refractivity contribution in [3.05, 3.63) is 0 Å². The Morgan fingerprint density at radius 2 is 1.72 bits per heavy atom. The topological polar surface area (TPSA) is 12.0 Å². The van der Waals surface area contributed by atoms with Crippen LogP contribution >= 0.6 is 0 Å². The quantitative estimate of drug-likeness (QED) is 0.641. The first-order chi connectivity index (χ1) is 8.67. The lowest BCUT2D eigenvalue weighted by molar-refractivity contribution is 0.206.